The second-order valence-electron chi connectivity index (χ2n) is 6.22. The molecule has 2 amide bonds. The minimum atomic E-state index is -1.11. The second kappa shape index (κ2) is 8.26. The zero-order valence-electron chi connectivity index (χ0n) is 15.2. The van der Waals surface area contributed by atoms with Gasteiger partial charge in [-0.05, 0) is 5.56 Å². The highest BCUT2D eigenvalue weighted by atomic mass is 16.2. The van der Waals surface area contributed by atoms with E-state index in [-0.39, 0.29) is 12.1 Å². The van der Waals surface area contributed by atoms with Crippen LogP contribution in [0.2, 0.25) is 0 Å². The van der Waals surface area contributed by atoms with Gasteiger partial charge in [0.15, 0.2) is 5.69 Å². The van der Waals surface area contributed by atoms with Crippen LogP contribution in [0.25, 0.3) is 11.3 Å². The van der Waals surface area contributed by atoms with Gasteiger partial charge < -0.3 is 11.1 Å². The molecule has 142 valence electrons. The van der Waals surface area contributed by atoms with Crippen LogP contribution in [0.3, 0.4) is 0 Å². The van der Waals surface area contributed by atoms with Crippen molar-refractivity contribution >= 4 is 17.6 Å². The summed E-state index contributed by atoms with van der Waals surface area (Å²) in [4.78, 5) is 36.5. The summed E-state index contributed by atoms with van der Waals surface area (Å²) in [6.45, 7) is 0. The van der Waals surface area contributed by atoms with E-state index in [0.29, 0.717) is 5.69 Å². The maximum absolute atomic E-state index is 12.8. The fourth-order valence-electron chi connectivity index (χ4n) is 2.89. The number of aryl methyl sites for hydroxylation is 1. The van der Waals surface area contributed by atoms with E-state index in [1.165, 1.54) is 4.68 Å². The van der Waals surface area contributed by atoms with Crippen molar-refractivity contribution in [2.24, 2.45) is 12.8 Å². The maximum Gasteiger partial charge on any atom is 0.287 e. The molecule has 0 saturated carbocycles. The average molecular weight is 377 g/mol. The molecule has 0 spiro atoms. The van der Waals surface area contributed by atoms with Gasteiger partial charge in [0.1, 0.15) is 11.7 Å². The van der Waals surface area contributed by atoms with Gasteiger partial charge in [0.25, 0.3) is 11.8 Å². The van der Waals surface area contributed by atoms with Gasteiger partial charge in [-0.25, -0.2) is 4.68 Å². The van der Waals surface area contributed by atoms with Crippen molar-refractivity contribution in [3.05, 3.63) is 71.9 Å². The molecule has 2 aromatic carbocycles. The lowest BCUT2D eigenvalue weighted by Gasteiger charge is -2.16. The van der Waals surface area contributed by atoms with Crippen molar-refractivity contribution in [1.29, 1.82) is 0 Å². The van der Waals surface area contributed by atoms with Crippen LogP contribution in [0.1, 0.15) is 16.1 Å². The molecule has 1 unspecified atom stereocenters. The van der Waals surface area contributed by atoms with E-state index in [9.17, 15) is 14.4 Å². The number of ketones is 1. The highest BCUT2D eigenvalue weighted by molar-refractivity contribution is 6.38. The number of primary amides is 1. The van der Waals surface area contributed by atoms with Gasteiger partial charge in [-0.15, -0.1) is 5.10 Å². The van der Waals surface area contributed by atoms with Crippen LogP contribution in [-0.2, 0) is 23.1 Å². The number of nitrogens with zero attached hydrogens (tertiary/aromatic N) is 3. The largest absolute Gasteiger partial charge is 0.363 e. The quantitative estimate of drug-likeness (QED) is 0.592. The normalized spacial score (nSPS) is 11.6. The molecule has 0 aliphatic rings. The molecule has 8 nitrogen and oxygen atoms in total. The van der Waals surface area contributed by atoms with Gasteiger partial charge in [0.2, 0.25) is 5.78 Å². The summed E-state index contributed by atoms with van der Waals surface area (Å²) >= 11 is 0. The molecule has 1 atom stereocenters. The van der Waals surface area contributed by atoms with Crippen molar-refractivity contribution in [3.63, 3.8) is 0 Å². The zero-order valence-corrected chi connectivity index (χ0v) is 15.2. The topological polar surface area (TPSA) is 120 Å². The first-order valence-electron chi connectivity index (χ1n) is 8.61. The van der Waals surface area contributed by atoms with Crippen molar-refractivity contribution in [1.82, 2.24) is 20.3 Å². The smallest absolute Gasteiger partial charge is 0.287 e. The lowest BCUT2D eigenvalue weighted by Crippen LogP contribution is -2.47. The highest BCUT2D eigenvalue weighted by Crippen LogP contribution is 2.21. The van der Waals surface area contributed by atoms with E-state index < -0.39 is 23.6 Å². The molecule has 3 aromatic rings. The third-order valence-corrected chi connectivity index (χ3v) is 4.24. The molecule has 0 radical (unpaired) electrons. The Balaban J connectivity index is 1.89. The van der Waals surface area contributed by atoms with Crippen molar-refractivity contribution < 1.29 is 14.4 Å². The third-order valence-electron chi connectivity index (χ3n) is 4.24. The van der Waals surface area contributed by atoms with Crippen LogP contribution in [0.5, 0.6) is 0 Å². The molecule has 0 saturated heterocycles. The molecule has 0 bridgehead atoms. The summed E-state index contributed by atoms with van der Waals surface area (Å²) in [5.74, 6) is -2.59. The predicted octanol–water partition coefficient (Wildman–Crippen LogP) is 0.878. The number of nitrogens with one attached hydrogen (secondary N) is 1. The summed E-state index contributed by atoms with van der Waals surface area (Å²) in [7, 11) is 1.67. The number of rotatable bonds is 7. The lowest BCUT2D eigenvalue weighted by atomic mass is 10.0. The van der Waals surface area contributed by atoms with Gasteiger partial charge >= 0.3 is 0 Å². The standard InChI is InChI=1S/C20H19N5O3/c1-25-17(14-10-6-3-7-11-14)16(23-24-25)20(28)22-15(18(26)19(21)27)12-13-8-4-2-5-9-13/h2-11,15H,12H2,1H3,(H2,21,27)(H,22,28). The fourth-order valence-corrected chi connectivity index (χ4v) is 2.89. The number of Topliss-reactive ketones (excluding diaryl/α,β-unsaturated/α-hetero) is 1. The molecule has 28 heavy (non-hydrogen) atoms. The second-order valence-corrected chi connectivity index (χ2v) is 6.22. The van der Waals surface area contributed by atoms with Gasteiger partial charge in [-0.3, -0.25) is 14.4 Å². The first kappa shape index (κ1) is 19.0. The summed E-state index contributed by atoms with van der Waals surface area (Å²) in [6.07, 6.45) is 0.134. The van der Waals surface area contributed by atoms with Crippen LogP contribution >= 0.6 is 0 Å². The molecule has 0 fully saturated rings. The van der Waals surface area contributed by atoms with Crippen molar-refractivity contribution in [3.8, 4) is 11.3 Å². The van der Waals surface area contributed by atoms with Crippen LogP contribution in [0, 0.1) is 0 Å². The molecular formula is C20H19N5O3. The lowest BCUT2D eigenvalue weighted by molar-refractivity contribution is -0.137. The molecule has 1 heterocycles. The van der Waals surface area contributed by atoms with E-state index >= 15 is 0 Å². The summed E-state index contributed by atoms with van der Waals surface area (Å²) < 4.78 is 1.48. The Morgan fingerprint density at radius 2 is 1.64 bits per heavy atom. The molecule has 8 heteroatoms. The minimum Gasteiger partial charge on any atom is -0.363 e. The molecule has 3 N–H and O–H groups in total. The Kier molecular flexibility index (Phi) is 5.59. The molecule has 3 rings (SSSR count). The number of aromatic nitrogens is 3. The van der Waals surface area contributed by atoms with E-state index in [1.807, 2.05) is 36.4 Å². The third kappa shape index (κ3) is 4.12. The summed E-state index contributed by atoms with van der Waals surface area (Å²) in [5, 5.41) is 10.4. The first-order chi connectivity index (χ1) is 13.5. The van der Waals surface area contributed by atoms with Gasteiger partial charge in [-0.1, -0.05) is 65.9 Å². The van der Waals surface area contributed by atoms with E-state index in [0.717, 1.165) is 11.1 Å². The monoisotopic (exact) mass is 377 g/mol. The van der Waals surface area contributed by atoms with Gasteiger partial charge in [0.05, 0.1) is 0 Å². The van der Waals surface area contributed by atoms with E-state index in [2.05, 4.69) is 15.6 Å². The van der Waals surface area contributed by atoms with Crippen LogP contribution in [0.15, 0.2) is 60.7 Å². The number of nitrogens with two attached hydrogens (primary N) is 1. The first-order valence-corrected chi connectivity index (χ1v) is 8.61. The Labute approximate surface area is 161 Å². The van der Waals surface area contributed by atoms with Gasteiger partial charge in [0, 0.05) is 19.0 Å². The Morgan fingerprint density at radius 1 is 1.04 bits per heavy atom. The van der Waals surface area contributed by atoms with Crippen molar-refractivity contribution in [2.75, 3.05) is 0 Å². The van der Waals surface area contributed by atoms with Crippen molar-refractivity contribution in [2.45, 2.75) is 12.5 Å². The van der Waals surface area contributed by atoms with E-state index in [4.69, 9.17) is 5.73 Å². The minimum absolute atomic E-state index is 0.0593. The number of amides is 2. The number of hydrogen-bond donors (Lipinski definition) is 2. The number of hydrogen-bond acceptors (Lipinski definition) is 5. The highest BCUT2D eigenvalue weighted by Gasteiger charge is 2.28. The SMILES string of the molecule is Cn1nnc(C(=O)NC(Cc2ccccc2)C(=O)C(N)=O)c1-c1ccccc1. The number of carbonyl (C=O) groups excluding carboxylic acids is 3. The van der Waals surface area contributed by atoms with E-state index in [1.54, 1.807) is 31.3 Å². The molecular weight excluding hydrogens is 358 g/mol. The Morgan fingerprint density at radius 3 is 2.25 bits per heavy atom. The van der Waals surface area contributed by atoms with Crippen LogP contribution in [0.4, 0.5) is 0 Å². The van der Waals surface area contributed by atoms with Gasteiger partial charge in [-0.2, -0.15) is 0 Å². The summed E-state index contributed by atoms with van der Waals surface area (Å²) in [6, 6.07) is 17.1. The maximum atomic E-state index is 12.8. The Hall–Kier alpha value is -3.81. The molecule has 1 aromatic heterocycles. The molecule has 0 aliphatic heterocycles. The number of benzene rings is 2. The van der Waals surface area contributed by atoms with Crippen LogP contribution < -0.4 is 11.1 Å². The molecule has 0 aliphatic carbocycles. The average Bonchev–Trinajstić information content (AvgIpc) is 3.09. The predicted molar refractivity (Wildman–Crippen MR) is 102 cm³/mol. The van der Waals surface area contributed by atoms with Crippen LogP contribution in [-0.4, -0.2) is 38.6 Å². The number of carbonyl (C=O) groups is 3. The Bertz CT molecular complexity index is 999. The fraction of sp³-hybridized carbons (Fsp3) is 0.150. The zero-order chi connectivity index (χ0) is 20.1. The summed E-state index contributed by atoms with van der Waals surface area (Å²) in [5.41, 5.74) is 7.25.